The summed E-state index contributed by atoms with van der Waals surface area (Å²) in [5, 5.41) is 3.75. The third-order valence-electron chi connectivity index (χ3n) is 5.43. The van der Waals surface area contributed by atoms with E-state index in [1.165, 1.54) is 36.6 Å². The number of allylic oxidation sites excluding steroid dienone is 2. The highest BCUT2D eigenvalue weighted by molar-refractivity contribution is 5.92. The number of primary amides is 1. The van der Waals surface area contributed by atoms with Crippen LogP contribution in [0.4, 0.5) is 0 Å². The van der Waals surface area contributed by atoms with Gasteiger partial charge in [0.1, 0.15) is 5.75 Å². The monoisotopic (exact) mass is 363 g/mol. The van der Waals surface area contributed by atoms with Gasteiger partial charge in [-0.15, -0.1) is 0 Å². The van der Waals surface area contributed by atoms with Crippen molar-refractivity contribution in [1.82, 2.24) is 10.3 Å². The van der Waals surface area contributed by atoms with E-state index in [4.69, 9.17) is 10.5 Å². The summed E-state index contributed by atoms with van der Waals surface area (Å²) in [5.41, 5.74) is 8.33. The standard InChI is InChI=1S/C22H25N3O2/c23-22(26)17-7-9-21(25-14-17)27-20-8-6-16-10-19(11-18(16)12-20)24-13-15-4-2-1-3-5-15/h1-2,6-9,12,14-15,19,24H,3-5,10-11,13H2,(H2,23,26). The predicted molar refractivity (Wildman–Crippen MR) is 105 cm³/mol. The highest BCUT2D eigenvalue weighted by Gasteiger charge is 2.22. The number of nitrogens with two attached hydrogens (primary N) is 1. The summed E-state index contributed by atoms with van der Waals surface area (Å²) >= 11 is 0. The molecule has 140 valence electrons. The van der Waals surface area contributed by atoms with Crippen LogP contribution in [0.15, 0.2) is 48.7 Å². The van der Waals surface area contributed by atoms with E-state index in [1.54, 1.807) is 12.1 Å². The Hall–Kier alpha value is -2.66. The topological polar surface area (TPSA) is 77.2 Å². The van der Waals surface area contributed by atoms with Crippen LogP contribution in [-0.4, -0.2) is 23.5 Å². The Bertz CT molecular complexity index is 845. The summed E-state index contributed by atoms with van der Waals surface area (Å²) in [7, 11) is 0. The van der Waals surface area contributed by atoms with Gasteiger partial charge in [-0.1, -0.05) is 18.2 Å². The Labute approximate surface area is 159 Å². The van der Waals surface area contributed by atoms with Gasteiger partial charge in [0.05, 0.1) is 5.56 Å². The molecule has 5 nitrogen and oxygen atoms in total. The number of carbonyl (C=O) groups is 1. The number of hydrogen-bond donors (Lipinski definition) is 2. The molecule has 2 atom stereocenters. The molecule has 2 aliphatic carbocycles. The highest BCUT2D eigenvalue weighted by Crippen LogP contribution is 2.29. The maximum absolute atomic E-state index is 11.1. The van der Waals surface area contributed by atoms with Crippen LogP contribution in [0.25, 0.3) is 0 Å². The molecule has 0 fully saturated rings. The fourth-order valence-electron chi connectivity index (χ4n) is 3.88. The third-order valence-corrected chi connectivity index (χ3v) is 5.43. The van der Waals surface area contributed by atoms with E-state index in [0.29, 0.717) is 17.5 Å². The second-order valence-corrected chi connectivity index (χ2v) is 7.45. The molecular weight excluding hydrogens is 338 g/mol. The van der Waals surface area contributed by atoms with Gasteiger partial charge in [0.2, 0.25) is 11.8 Å². The first-order chi connectivity index (χ1) is 13.2. The van der Waals surface area contributed by atoms with Gasteiger partial charge < -0.3 is 15.8 Å². The van der Waals surface area contributed by atoms with E-state index < -0.39 is 5.91 Å². The number of amides is 1. The quantitative estimate of drug-likeness (QED) is 0.771. The zero-order valence-electron chi connectivity index (χ0n) is 15.4. The van der Waals surface area contributed by atoms with Gasteiger partial charge >= 0.3 is 0 Å². The molecule has 0 spiro atoms. The van der Waals surface area contributed by atoms with Crippen molar-refractivity contribution in [3.05, 3.63) is 65.4 Å². The Balaban J connectivity index is 1.35. The number of nitrogens with one attached hydrogen (secondary N) is 1. The van der Waals surface area contributed by atoms with Crippen LogP contribution in [0.2, 0.25) is 0 Å². The maximum Gasteiger partial charge on any atom is 0.250 e. The molecule has 0 bridgehead atoms. The number of aromatic nitrogens is 1. The van der Waals surface area contributed by atoms with Crippen LogP contribution in [-0.2, 0) is 12.8 Å². The van der Waals surface area contributed by atoms with Crippen molar-refractivity contribution in [1.29, 1.82) is 0 Å². The van der Waals surface area contributed by atoms with Crippen molar-refractivity contribution >= 4 is 5.91 Å². The van der Waals surface area contributed by atoms with Crippen LogP contribution in [0, 0.1) is 5.92 Å². The first-order valence-corrected chi connectivity index (χ1v) is 9.61. The fourth-order valence-corrected chi connectivity index (χ4v) is 3.88. The van der Waals surface area contributed by atoms with E-state index in [1.807, 2.05) is 6.07 Å². The lowest BCUT2D eigenvalue weighted by molar-refractivity contribution is 0.1000. The normalized spacial score (nSPS) is 21.0. The van der Waals surface area contributed by atoms with Crippen molar-refractivity contribution in [2.75, 3.05) is 6.54 Å². The molecule has 0 saturated heterocycles. The van der Waals surface area contributed by atoms with Crippen molar-refractivity contribution in [2.45, 2.75) is 38.1 Å². The molecule has 0 saturated carbocycles. The molecule has 2 aliphatic rings. The summed E-state index contributed by atoms with van der Waals surface area (Å²) in [6.45, 7) is 1.10. The fraction of sp³-hybridized carbons (Fsp3) is 0.364. The molecule has 1 aromatic heterocycles. The van der Waals surface area contributed by atoms with Crippen molar-refractivity contribution in [3.63, 3.8) is 0 Å². The van der Waals surface area contributed by atoms with Gasteiger partial charge in [-0.25, -0.2) is 4.98 Å². The van der Waals surface area contributed by atoms with Gasteiger partial charge in [0.25, 0.3) is 0 Å². The van der Waals surface area contributed by atoms with Gasteiger partial charge in [-0.3, -0.25) is 4.79 Å². The number of fused-ring (bicyclic) bond motifs is 1. The molecule has 3 N–H and O–H groups in total. The zero-order chi connectivity index (χ0) is 18.6. The Morgan fingerprint density at radius 3 is 2.81 bits per heavy atom. The molecule has 27 heavy (non-hydrogen) atoms. The van der Waals surface area contributed by atoms with Gasteiger partial charge in [-0.05, 0) is 73.9 Å². The van der Waals surface area contributed by atoms with E-state index >= 15 is 0 Å². The first-order valence-electron chi connectivity index (χ1n) is 9.61. The average molecular weight is 363 g/mol. The maximum atomic E-state index is 11.1. The number of benzene rings is 1. The predicted octanol–water partition coefficient (Wildman–Crippen LogP) is 3.39. The Kier molecular flexibility index (Phi) is 5.21. The lowest BCUT2D eigenvalue weighted by Crippen LogP contribution is -2.34. The SMILES string of the molecule is NC(=O)c1ccc(Oc2ccc3c(c2)CC(NCC2CC=CCC2)C3)nc1. The summed E-state index contributed by atoms with van der Waals surface area (Å²) in [6.07, 6.45) is 11.9. The number of rotatable bonds is 6. The molecular formula is C22H25N3O2. The van der Waals surface area contributed by atoms with Crippen molar-refractivity contribution in [2.24, 2.45) is 11.7 Å². The second-order valence-electron chi connectivity index (χ2n) is 7.45. The zero-order valence-corrected chi connectivity index (χ0v) is 15.4. The molecule has 1 amide bonds. The van der Waals surface area contributed by atoms with Gasteiger partial charge in [-0.2, -0.15) is 0 Å². The summed E-state index contributed by atoms with van der Waals surface area (Å²) in [6, 6.07) is 10.0. The van der Waals surface area contributed by atoms with Crippen molar-refractivity contribution < 1.29 is 9.53 Å². The number of nitrogens with zero attached hydrogens (tertiary/aromatic N) is 1. The summed E-state index contributed by atoms with van der Waals surface area (Å²) in [4.78, 5) is 15.3. The van der Waals surface area contributed by atoms with Crippen LogP contribution in [0.3, 0.4) is 0 Å². The first kappa shape index (κ1) is 17.7. The molecule has 5 heteroatoms. The smallest absolute Gasteiger partial charge is 0.250 e. The van der Waals surface area contributed by atoms with Crippen LogP contribution < -0.4 is 15.8 Å². The molecule has 0 aliphatic heterocycles. The molecule has 0 radical (unpaired) electrons. The number of pyridine rings is 1. The minimum atomic E-state index is -0.491. The third kappa shape index (κ3) is 4.37. The van der Waals surface area contributed by atoms with Crippen LogP contribution >= 0.6 is 0 Å². The van der Waals surface area contributed by atoms with Crippen molar-refractivity contribution in [3.8, 4) is 11.6 Å². The minimum absolute atomic E-state index is 0.374. The Morgan fingerprint density at radius 2 is 2.07 bits per heavy atom. The van der Waals surface area contributed by atoms with E-state index in [0.717, 1.165) is 31.1 Å². The summed E-state index contributed by atoms with van der Waals surface area (Å²) < 4.78 is 5.84. The van der Waals surface area contributed by atoms with E-state index in [-0.39, 0.29) is 0 Å². The molecule has 2 aromatic rings. The minimum Gasteiger partial charge on any atom is -0.439 e. The largest absolute Gasteiger partial charge is 0.439 e. The van der Waals surface area contributed by atoms with Crippen LogP contribution in [0.5, 0.6) is 11.6 Å². The number of ether oxygens (including phenoxy) is 1. The van der Waals surface area contributed by atoms with Crippen LogP contribution in [0.1, 0.15) is 40.7 Å². The second kappa shape index (κ2) is 7.92. The Morgan fingerprint density at radius 1 is 1.19 bits per heavy atom. The highest BCUT2D eigenvalue weighted by atomic mass is 16.5. The van der Waals surface area contributed by atoms with Gasteiger partial charge in [0, 0.05) is 18.3 Å². The molecule has 1 aromatic carbocycles. The summed E-state index contributed by atoms with van der Waals surface area (Å²) in [5.74, 6) is 1.51. The number of hydrogen-bond acceptors (Lipinski definition) is 4. The van der Waals surface area contributed by atoms with E-state index in [2.05, 4.69) is 34.6 Å². The molecule has 4 rings (SSSR count). The average Bonchev–Trinajstić information content (AvgIpc) is 3.10. The lowest BCUT2D eigenvalue weighted by atomic mass is 9.94. The number of carbonyl (C=O) groups excluding carboxylic acids is 1. The van der Waals surface area contributed by atoms with Gasteiger partial charge in [0.15, 0.2) is 0 Å². The van der Waals surface area contributed by atoms with E-state index in [9.17, 15) is 4.79 Å². The molecule has 1 heterocycles. The molecule has 2 unspecified atom stereocenters. The lowest BCUT2D eigenvalue weighted by Gasteiger charge is -2.21.